The number of benzene rings is 2. The molecule has 0 spiro atoms. The maximum Gasteiger partial charge on any atom is 0.303 e. The lowest BCUT2D eigenvalue weighted by atomic mass is 9.96. The largest absolute Gasteiger partial charge is 0.456 e. The predicted molar refractivity (Wildman–Crippen MR) is 146 cm³/mol. The van der Waals surface area contributed by atoms with Gasteiger partial charge >= 0.3 is 11.9 Å². The summed E-state index contributed by atoms with van der Waals surface area (Å²) in [5, 5.41) is 11.0. The molecule has 2 aromatic carbocycles. The molecule has 11 heteroatoms. The Hall–Kier alpha value is -3.45. The van der Waals surface area contributed by atoms with Crippen LogP contribution in [0.15, 0.2) is 72.8 Å². The number of aliphatic hydroxyl groups is 1. The third-order valence-corrected chi connectivity index (χ3v) is 6.91. The fraction of sp³-hybridized carbons (Fsp3) is 0.452. The van der Waals surface area contributed by atoms with Gasteiger partial charge in [0.2, 0.25) is 0 Å². The highest BCUT2D eigenvalue weighted by Crippen LogP contribution is 2.35. The van der Waals surface area contributed by atoms with Gasteiger partial charge < -0.3 is 43.1 Å². The number of carbonyl (C=O) groups excluding carboxylic acids is 3. The number of rotatable bonds is 11. The van der Waals surface area contributed by atoms with Crippen LogP contribution >= 0.6 is 0 Å². The number of hydrogen-bond donors (Lipinski definition) is 1. The zero-order chi connectivity index (χ0) is 30.2. The van der Waals surface area contributed by atoms with Gasteiger partial charge in [0.05, 0.1) is 19.3 Å². The molecule has 0 saturated carbocycles. The molecule has 0 bridgehead atoms. The Balaban J connectivity index is 1.62. The molecule has 2 aliphatic heterocycles. The van der Waals surface area contributed by atoms with Crippen molar-refractivity contribution in [3.63, 3.8) is 0 Å². The van der Waals surface area contributed by atoms with Crippen LogP contribution in [0.5, 0.6) is 0 Å². The summed E-state index contributed by atoms with van der Waals surface area (Å²) < 4.78 is 41.2. The Morgan fingerprint density at radius 3 is 1.93 bits per heavy atom. The smallest absolute Gasteiger partial charge is 0.303 e. The van der Waals surface area contributed by atoms with Gasteiger partial charge in [-0.15, -0.1) is 0 Å². The molecule has 2 fully saturated rings. The summed E-state index contributed by atoms with van der Waals surface area (Å²) in [7, 11) is 0. The monoisotopic (exact) mass is 584 g/mol. The van der Waals surface area contributed by atoms with Gasteiger partial charge in [0.1, 0.15) is 18.3 Å². The van der Waals surface area contributed by atoms with Gasteiger partial charge in [-0.3, -0.25) is 9.59 Å². The van der Waals surface area contributed by atoms with Crippen molar-refractivity contribution in [1.82, 2.24) is 0 Å². The highest BCUT2D eigenvalue weighted by atomic mass is 16.7. The molecule has 9 atom stereocenters. The van der Waals surface area contributed by atoms with E-state index >= 15 is 0 Å². The molecule has 226 valence electrons. The molecule has 2 aliphatic rings. The fourth-order valence-corrected chi connectivity index (χ4v) is 4.80. The van der Waals surface area contributed by atoms with E-state index in [4.69, 9.17) is 33.2 Å². The second kappa shape index (κ2) is 14.6. The molecule has 2 saturated heterocycles. The lowest BCUT2D eigenvalue weighted by molar-refractivity contribution is -0.329. The fourth-order valence-electron chi connectivity index (χ4n) is 4.80. The summed E-state index contributed by atoms with van der Waals surface area (Å²) in [6, 6.07) is 19.0. The first-order valence-corrected chi connectivity index (χ1v) is 13.6. The van der Waals surface area contributed by atoms with E-state index in [0.29, 0.717) is 11.9 Å². The quantitative estimate of drug-likeness (QED) is 0.237. The van der Waals surface area contributed by atoms with E-state index in [1.807, 2.05) is 60.7 Å². The maximum absolute atomic E-state index is 12.0. The number of carbonyl (C=O) groups is 3. The van der Waals surface area contributed by atoms with Crippen molar-refractivity contribution in [2.45, 2.75) is 89.3 Å². The van der Waals surface area contributed by atoms with Crippen molar-refractivity contribution < 1.29 is 52.6 Å². The molecular formula is C31H36O11. The van der Waals surface area contributed by atoms with Gasteiger partial charge in [-0.05, 0) is 23.6 Å². The Labute approximate surface area is 244 Å². The molecule has 0 radical (unpaired) electrons. The van der Waals surface area contributed by atoms with E-state index in [0.717, 1.165) is 25.0 Å². The van der Waals surface area contributed by atoms with Crippen LogP contribution in [0.3, 0.4) is 0 Å². The number of aldehydes is 1. The van der Waals surface area contributed by atoms with Crippen molar-refractivity contribution in [2.24, 2.45) is 0 Å². The van der Waals surface area contributed by atoms with Crippen LogP contribution in [-0.4, -0.2) is 78.6 Å². The molecule has 0 aromatic heterocycles. The normalized spacial score (nSPS) is 31.2. The van der Waals surface area contributed by atoms with Crippen molar-refractivity contribution >= 4 is 18.2 Å². The van der Waals surface area contributed by atoms with Gasteiger partial charge in [-0.25, -0.2) is 0 Å². The first-order valence-electron chi connectivity index (χ1n) is 13.6. The van der Waals surface area contributed by atoms with Crippen molar-refractivity contribution in [3.8, 4) is 0 Å². The van der Waals surface area contributed by atoms with E-state index in [1.54, 1.807) is 6.92 Å². The summed E-state index contributed by atoms with van der Waals surface area (Å²) in [5.74, 6) is -1.50. The average Bonchev–Trinajstić information content (AvgIpc) is 2.97. The van der Waals surface area contributed by atoms with Crippen molar-refractivity contribution in [3.05, 3.63) is 83.9 Å². The number of hydrogen-bond acceptors (Lipinski definition) is 11. The first kappa shape index (κ1) is 31.5. The highest BCUT2D eigenvalue weighted by Gasteiger charge is 2.52. The third-order valence-electron chi connectivity index (χ3n) is 6.91. The van der Waals surface area contributed by atoms with Crippen LogP contribution < -0.4 is 0 Å². The number of ether oxygens (including phenoxy) is 7. The molecule has 1 N–H and O–H groups in total. The summed E-state index contributed by atoms with van der Waals surface area (Å²) in [6.07, 6.45) is -10.3. The lowest BCUT2D eigenvalue weighted by Gasteiger charge is -2.46. The average molecular weight is 585 g/mol. The van der Waals surface area contributed by atoms with E-state index in [9.17, 15) is 19.5 Å². The SMILES string of the molecule is C=C1C(C)O[C@@H](OCc2ccccc2)C(OCc2ccccc2)C1O[C@@H]1OC(C=O)[C@@H](OC(C)=O)C(O)C1OC(C)=O. The van der Waals surface area contributed by atoms with E-state index in [2.05, 4.69) is 6.58 Å². The van der Waals surface area contributed by atoms with Crippen molar-refractivity contribution in [1.29, 1.82) is 0 Å². The van der Waals surface area contributed by atoms with Gasteiger partial charge in [-0.2, -0.15) is 0 Å². The molecule has 11 nitrogen and oxygen atoms in total. The highest BCUT2D eigenvalue weighted by molar-refractivity contribution is 5.68. The Kier molecular flexibility index (Phi) is 11.0. The standard InChI is InChI=1S/C31H36O11/c1-18-19(2)38-30(37-17-23-13-9-6-10-14-23)29(36-16-22-11-7-5-8-12-22)26(18)42-31-28(40-21(4)34)25(35)27(39-20(3)33)24(15-32)41-31/h5-15,19,24-31,35H,1,16-17H2,2-4H3/t19?,24?,25?,26?,27-,28?,29?,30-,31+/m1/s1. The molecule has 6 unspecified atom stereocenters. The van der Waals surface area contributed by atoms with Crippen LogP contribution in [0.1, 0.15) is 31.9 Å². The van der Waals surface area contributed by atoms with Crippen molar-refractivity contribution in [2.75, 3.05) is 0 Å². The van der Waals surface area contributed by atoms with Crippen LogP contribution in [0.2, 0.25) is 0 Å². The van der Waals surface area contributed by atoms with E-state index in [1.165, 1.54) is 0 Å². The van der Waals surface area contributed by atoms with Crippen LogP contribution in [0, 0.1) is 0 Å². The zero-order valence-corrected chi connectivity index (χ0v) is 23.7. The first-order chi connectivity index (χ1) is 20.2. The van der Waals surface area contributed by atoms with E-state index < -0.39 is 67.2 Å². The lowest BCUT2D eigenvalue weighted by Crippen LogP contribution is -2.63. The van der Waals surface area contributed by atoms with Gasteiger partial charge in [-0.1, -0.05) is 67.2 Å². The minimum Gasteiger partial charge on any atom is -0.456 e. The summed E-state index contributed by atoms with van der Waals surface area (Å²) >= 11 is 0. The van der Waals surface area contributed by atoms with Gasteiger partial charge in [0.15, 0.2) is 37.2 Å². The van der Waals surface area contributed by atoms with Crippen LogP contribution in [-0.2, 0) is 60.8 Å². The Morgan fingerprint density at radius 2 is 1.38 bits per heavy atom. The molecular weight excluding hydrogens is 548 g/mol. The molecule has 2 heterocycles. The maximum atomic E-state index is 12.0. The molecule has 4 rings (SSSR count). The Bertz CT molecular complexity index is 1200. The third kappa shape index (κ3) is 7.88. The molecule has 2 aromatic rings. The van der Waals surface area contributed by atoms with E-state index in [-0.39, 0.29) is 13.2 Å². The second-order valence-electron chi connectivity index (χ2n) is 10.1. The van der Waals surface area contributed by atoms with Crippen LogP contribution in [0.25, 0.3) is 0 Å². The second-order valence-corrected chi connectivity index (χ2v) is 10.1. The number of esters is 2. The number of aliphatic hydroxyl groups excluding tert-OH is 1. The minimum atomic E-state index is -1.63. The molecule has 0 amide bonds. The van der Waals surface area contributed by atoms with Gasteiger partial charge in [0, 0.05) is 13.8 Å². The summed E-state index contributed by atoms with van der Waals surface area (Å²) in [4.78, 5) is 35.5. The topological polar surface area (TPSA) is 136 Å². The summed E-state index contributed by atoms with van der Waals surface area (Å²) in [5.41, 5.74) is 2.27. The Morgan fingerprint density at radius 1 is 0.833 bits per heavy atom. The zero-order valence-electron chi connectivity index (χ0n) is 23.7. The van der Waals surface area contributed by atoms with Gasteiger partial charge in [0.25, 0.3) is 0 Å². The van der Waals surface area contributed by atoms with Crippen LogP contribution in [0.4, 0.5) is 0 Å². The molecule has 0 aliphatic carbocycles. The minimum absolute atomic E-state index is 0.175. The molecule has 42 heavy (non-hydrogen) atoms. The predicted octanol–water partition coefficient (Wildman–Crippen LogP) is 2.62. The summed E-state index contributed by atoms with van der Waals surface area (Å²) in [6.45, 7) is 8.58.